The summed E-state index contributed by atoms with van der Waals surface area (Å²) in [6, 6.07) is 6.36. The first-order valence-electron chi connectivity index (χ1n) is 8.11. The second-order valence-corrected chi connectivity index (χ2v) is 6.35. The first-order valence-corrected chi connectivity index (χ1v) is 8.11. The predicted molar refractivity (Wildman–Crippen MR) is 87.4 cm³/mol. The molecule has 1 saturated heterocycles. The molecule has 0 saturated carbocycles. The summed E-state index contributed by atoms with van der Waals surface area (Å²) in [5.74, 6) is 1.58. The third kappa shape index (κ3) is 4.10. The van der Waals surface area contributed by atoms with Gasteiger partial charge in [0.1, 0.15) is 5.82 Å². The highest BCUT2D eigenvalue weighted by Gasteiger charge is 2.20. The molecule has 1 aliphatic heterocycles. The van der Waals surface area contributed by atoms with E-state index in [0.29, 0.717) is 0 Å². The lowest BCUT2D eigenvalue weighted by atomic mass is 9.92. The SMILES string of the molecule is Cc1ccc(CC2CCCN(Cc3ccnc(C)n3)C2)cn1. The molecule has 0 bridgehead atoms. The van der Waals surface area contributed by atoms with E-state index in [1.54, 1.807) is 0 Å². The van der Waals surface area contributed by atoms with Crippen LogP contribution in [0.25, 0.3) is 0 Å². The first-order chi connectivity index (χ1) is 10.7. The van der Waals surface area contributed by atoms with Gasteiger partial charge in [0.05, 0.1) is 5.69 Å². The second-order valence-electron chi connectivity index (χ2n) is 6.35. The Labute approximate surface area is 132 Å². The maximum Gasteiger partial charge on any atom is 0.125 e. The van der Waals surface area contributed by atoms with Crippen molar-refractivity contribution in [1.82, 2.24) is 19.9 Å². The van der Waals surface area contributed by atoms with E-state index in [1.807, 2.05) is 32.3 Å². The van der Waals surface area contributed by atoms with Gasteiger partial charge < -0.3 is 0 Å². The van der Waals surface area contributed by atoms with Crippen molar-refractivity contribution in [3.63, 3.8) is 0 Å². The number of rotatable bonds is 4. The minimum atomic E-state index is 0.723. The largest absolute Gasteiger partial charge is 0.297 e. The van der Waals surface area contributed by atoms with Gasteiger partial charge in [-0.25, -0.2) is 9.97 Å². The fourth-order valence-electron chi connectivity index (χ4n) is 3.24. The van der Waals surface area contributed by atoms with Crippen LogP contribution in [0.3, 0.4) is 0 Å². The van der Waals surface area contributed by atoms with E-state index in [0.717, 1.165) is 42.6 Å². The molecule has 2 aromatic rings. The van der Waals surface area contributed by atoms with Crippen LogP contribution < -0.4 is 0 Å². The van der Waals surface area contributed by atoms with Crippen LogP contribution in [0.4, 0.5) is 0 Å². The Bertz CT molecular complexity index is 609. The highest BCUT2D eigenvalue weighted by molar-refractivity contribution is 5.14. The maximum absolute atomic E-state index is 4.52. The molecule has 2 aromatic heterocycles. The van der Waals surface area contributed by atoms with E-state index >= 15 is 0 Å². The average molecular weight is 296 g/mol. The topological polar surface area (TPSA) is 41.9 Å². The van der Waals surface area contributed by atoms with Gasteiger partial charge in [-0.3, -0.25) is 9.88 Å². The van der Waals surface area contributed by atoms with Crippen LogP contribution in [-0.2, 0) is 13.0 Å². The summed E-state index contributed by atoms with van der Waals surface area (Å²) in [5, 5.41) is 0. The quantitative estimate of drug-likeness (QED) is 0.870. The number of pyridine rings is 1. The zero-order valence-corrected chi connectivity index (χ0v) is 13.5. The number of piperidine rings is 1. The molecule has 22 heavy (non-hydrogen) atoms. The van der Waals surface area contributed by atoms with Crippen LogP contribution in [0.5, 0.6) is 0 Å². The molecule has 3 heterocycles. The third-order valence-corrected chi connectivity index (χ3v) is 4.32. The number of aryl methyl sites for hydroxylation is 2. The number of hydrogen-bond acceptors (Lipinski definition) is 4. The van der Waals surface area contributed by atoms with Gasteiger partial charge in [0.2, 0.25) is 0 Å². The number of likely N-dealkylation sites (tertiary alicyclic amines) is 1. The van der Waals surface area contributed by atoms with E-state index in [-0.39, 0.29) is 0 Å². The Morgan fingerprint density at radius 3 is 2.86 bits per heavy atom. The average Bonchev–Trinajstić information content (AvgIpc) is 2.50. The fraction of sp³-hybridized carbons (Fsp3) is 0.500. The molecule has 116 valence electrons. The van der Waals surface area contributed by atoms with Gasteiger partial charge in [-0.2, -0.15) is 0 Å². The molecule has 1 aliphatic rings. The molecule has 0 radical (unpaired) electrons. The van der Waals surface area contributed by atoms with Crippen molar-refractivity contribution in [3.8, 4) is 0 Å². The molecule has 3 rings (SSSR count). The van der Waals surface area contributed by atoms with E-state index in [4.69, 9.17) is 0 Å². The van der Waals surface area contributed by atoms with Crippen LogP contribution >= 0.6 is 0 Å². The van der Waals surface area contributed by atoms with Gasteiger partial charge in [-0.15, -0.1) is 0 Å². The smallest absolute Gasteiger partial charge is 0.125 e. The van der Waals surface area contributed by atoms with Crippen LogP contribution in [0.2, 0.25) is 0 Å². The molecule has 0 aliphatic carbocycles. The van der Waals surface area contributed by atoms with Gasteiger partial charge in [-0.05, 0) is 63.3 Å². The Hall–Kier alpha value is -1.81. The highest BCUT2D eigenvalue weighted by atomic mass is 15.1. The van der Waals surface area contributed by atoms with E-state index < -0.39 is 0 Å². The van der Waals surface area contributed by atoms with Crippen molar-refractivity contribution in [3.05, 3.63) is 53.4 Å². The van der Waals surface area contributed by atoms with Crippen LogP contribution in [-0.4, -0.2) is 32.9 Å². The molecule has 1 fully saturated rings. The lowest BCUT2D eigenvalue weighted by Crippen LogP contribution is -2.36. The van der Waals surface area contributed by atoms with Crippen LogP contribution in [0.15, 0.2) is 30.6 Å². The summed E-state index contributed by atoms with van der Waals surface area (Å²) in [4.78, 5) is 15.6. The van der Waals surface area contributed by atoms with Gasteiger partial charge in [-0.1, -0.05) is 6.07 Å². The Morgan fingerprint density at radius 1 is 1.18 bits per heavy atom. The summed E-state index contributed by atoms with van der Waals surface area (Å²) < 4.78 is 0. The summed E-state index contributed by atoms with van der Waals surface area (Å²) in [6.07, 6.45) is 7.60. The molecule has 0 amide bonds. The molecule has 4 heteroatoms. The molecular formula is C18H24N4. The van der Waals surface area contributed by atoms with Gasteiger partial charge >= 0.3 is 0 Å². The Morgan fingerprint density at radius 2 is 2.09 bits per heavy atom. The molecular weight excluding hydrogens is 272 g/mol. The van der Waals surface area contributed by atoms with Crippen molar-refractivity contribution >= 4 is 0 Å². The summed E-state index contributed by atoms with van der Waals surface area (Å²) in [6.45, 7) is 7.25. The first kappa shape index (κ1) is 15.1. The van der Waals surface area contributed by atoms with Crippen molar-refractivity contribution in [2.24, 2.45) is 5.92 Å². The Balaban J connectivity index is 1.58. The lowest BCUT2D eigenvalue weighted by molar-refractivity contribution is 0.165. The van der Waals surface area contributed by atoms with E-state index in [9.17, 15) is 0 Å². The van der Waals surface area contributed by atoms with Crippen molar-refractivity contribution in [2.45, 2.75) is 39.7 Å². The molecule has 0 N–H and O–H groups in total. The lowest BCUT2D eigenvalue weighted by Gasteiger charge is -2.32. The zero-order valence-electron chi connectivity index (χ0n) is 13.5. The van der Waals surface area contributed by atoms with Gasteiger partial charge in [0, 0.05) is 31.2 Å². The maximum atomic E-state index is 4.52. The van der Waals surface area contributed by atoms with Crippen LogP contribution in [0.1, 0.15) is 35.6 Å². The number of aromatic nitrogens is 3. The van der Waals surface area contributed by atoms with Crippen molar-refractivity contribution in [2.75, 3.05) is 13.1 Å². The monoisotopic (exact) mass is 296 g/mol. The Kier molecular flexibility index (Phi) is 4.78. The molecule has 0 aromatic carbocycles. The minimum absolute atomic E-state index is 0.723. The van der Waals surface area contributed by atoms with E-state index in [1.165, 1.54) is 24.9 Å². The molecule has 4 nitrogen and oxygen atoms in total. The molecule has 0 spiro atoms. The number of nitrogens with zero attached hydrogens (tertiary/aromatic N) is 4. The summed E-state index contributed by atoms with van der Waals surface area (Å²) in [7, 11) is 0. The second kappa shape index (κ2) is 6.97. The third-order valence-electron chi connectivity index (χ3n) is 4.32. The van der Waals surface area contributed by atoms with Gasteiger partial charge in [0.15, 0.2) is 0 Å². The summed E-state index contributed by atoms with van der Waals surface area (Å²) in [5.41, 5.74) is 3.58. The molecule has 1 atom stereocenters. The molecule has 1 unspecified atom stereocenters. The standard InChI is InChI=1S/C18H24N4/c1-14-5-6-16(11-20-14)10-17-4-3-9-22(12-17)13-18-7-8-19-15(2)21-18/h5-8,11,17H,3-4,9-10,12-13H2,1-2H3. The minimum Gasteiger partial charge on any atom is -0.297 e. The van der Waals surface area contributed by atoms with Crippen molar-refractivity contribution < 1.29 is 0 Å². The normalized spacial score (nSPS) is 19.3. The van der Waals surface area contributed by atoms with Crippen molar-refractivity contribution in [1.29, 1.82) is 0 Å². The summed E-state index contributed by atoms with van der Waals surface area (Å²) >= 11 is 0. The van der Waals surface area contributed by atoms with E-state index in [2.05, 4.69) is 32.0 Å². The zero-order chi connectivity index (χ0) is 15.4. The highest BCUT2D eigenvalue weighted by Crippen LogP contribution is 2.21. The van der Waals surface area contributed by atoms with Gasteiger partial charge in [0.25, 0.3) is 0 Å². The number of hydrogen-bond donors (Lipinski definition) is 0. The van der Waals surface area contributed by atoms with Crippen LogP contribution in [0, 0.1) is 19.8 Å². The predicted octanol–water partition coefficient (Wildman–Crippen LogP) is 2.94. The fourth-order valence-corrected chi connectivity index (χ4v) is 3.24.